The molecule has 14 heteroatoms. The monoisotopic (exact) mass is 608 g/mol. The first-order valence-electron chi connectivity index (χ1n) is 13.9. The highest BCUT2D eigenvalue weighted by Crippen LogP contribution is 2.29. The van der Waals surface area contributed by atoms with Crippen molar-refractivity contribution < 1.29 is 27.6 Å². The number of aliphatic imine (C=N–C) groups is 1. The van der Waals surface area contributed by atoms with E-state index in [4.69, 9.17) is 5.73 Å². The Morgan fingerprint density at radius 3 is 2.27 bits per heavy atom. The summed E-state index contributed by atoms with van der Waals surface area (Å²) in [5, 5.41) is 7.94. The van der Waals surface area contributed by atoms with E-state index >= 15 is 0 Å². The van der Waals surface area contributed by atoms with Gasteiger partial charge in [0.05, 0.1) is 11.3 Å². The molecule has 0 bridgehead atoms. The number of piperazine rings is 1. The second-order valence-corrected chi connectivity index (χ2v) is 10.5. The van der Waals surface area contributed by atoms with Gasteiger partial charge in [0.1, 0.15) is 12.0 Å². The number of carbonyl (C=O) groups excluding carboxylic acids is 3. The molecule has 0 spiro atoms. The summed E-state index contributed by atoms with van der Waals surface area (Å²) in [5.41, 5.74) is 7.14. The molecule has 3 aromatic rings. The topological polar surface area (TPSA) is 145 Å². The predicted molar refractivity (Wildman–Crippen MR) is 157 cm³/mol. The lowest BCUT2D eigenvalue weighted by atomic mass is 10.1. The van der Waals surface area contributed by atoms with Gasteiger partial charge >= 0.3 is 12.2 Å². The first-order valence-corrected chi connectivity index (χ1v) is 13.9. The smallest absolute Gasteiger partial charge is 0.368 e. The molecule has 5 N–H and O–H groups in total. The number of halogens is 3. The van der Waals surface area contributed by atoms with Crippen molar-refractivity contribution in [3.63, 3.8) is 0 Å². The Bertz CT molecular complexity index is 1510. The van der Waals surface area contributed by atoms with Crippen molar-refractivity contribution in [2.24, 2.45) is 10.7 Å². The molecule has 2 aliphatic rings. The van der Waals surface area contributed by atoms with E-state index < -0.39 is 35.9 Å². The van der Waals surface area contributed by atoms with Crippen molar-refractivity contribution in [1.29, 1.82) is 0 Å². The number of nitrogens with two attached hydrogens (primary N) is 1. The SMILES string of the molecule is NC(=O)C1N=C(Cc2ccc(C(=O)N3CCN(Cc4ccccn4)CC3)cc2)NC1NC(=O)Nc1ccc(C(F)(F)F)cc1. The van der Waals surface area contributed by atoms with E-state index in [0.29, 0.717) is 24.5 Å². The van der Waals surface area contributed by atoms with Crippen LogP contribution in [0.4, 0.5) is 23.7 Å². The fourth-order valence-electron chi connectivity index (χ4n) is 5.00. The highest BCUT2D eigenvalue weighted by Gasteiger charge is 2.34. The number of aromatic nitrogens is 1. The summed E-state index contributed by atoms with van der Waals surface area (Å²) in [6, 6.07) is 15.0. The van der Waals surface area contributed by atoms with Gasteiger partial charge in [-0.2, -0.15) is 13.2 Å². The molecule has 1 saturated heterocycles. The first kappa shape index (κ1) is 30.5. The minimum Gasteiger partial charge on any atom is -0.368 e. The van der Waals surface area contributed by atoms with E-state index in [2.05, 4.69) is 30.8 Å². The molecule has 3 heterocycles. The van der Waals surface area contributed by atoms with Crippen LogP contribution in [0.2, 0.25) is 0 Å². The van der Waals surface area contributed by atoms with E-state index in [0.717, 1.165) is 55.2 Å². The molecule has 11 nitrogen and oxygen atoms in total. The summed E-state index contributed by atoms with van der Waals surface area (Å²) in [6.07, 6.45) is -3.41. The molecular weight excluding hydrogens is 577 g/mol. The number of pyridine rings is 1. The number of alkyl halides is 3. The maximum absolute atomic E-state index is 13.1. The number of urea groups is 1. The number of amidine groups is 1. The summed E-state index contributed by atoms with van der Waals surface area (Å²) in [6.45, 7) is 3.48. The maximum atomic E-state index is 13.1. The van der Waals surface area contributed by atoms with Crippen molar-refractivity contribution in [1.82, 2.24) is 25.4 Å². The molecule has 2 aromatic carbocycles. The molecule has 4 amide bonds. The zero-order valence-electron chi connectivity index (χ0n) is 23.6. The molecule has 1 aromatic heterocycles. The lowest BCUT2D eigenvalue weighted by Crippen LogP contribution is -2.54. The van der Waals surface area contributed by atoms with Crippen LogP contribution < -0.4 is 21.7 Å². The summed E-state index contributed by atoms with van der Waals surface area (Å²) in [7, 11) is 0. The number of amides is 4. The average Bonchev–Trinajstić information content (AvgIpc) is 3.40. The molecule has 44 heavy (non-hydrogen) atoms. The molecule has 2 atom stereocenters. The number of nitrogens with zero attached hydrogens (tertiary/aromatic N) is 4. The number of carbonyl (C=O) groups is 3. The van der Waals surface area contributed by atoms with E-state index in [9.17, 15) is 27.6 Å². The van der Waals surface area contributed by atoms with Crippen LogP contribution in [0.5, 0.6) is 0 Å². The zero-order valence-corrected chi connectivity index (χ0v) is 23.6. The molecule has 2 aliphatic heterocycles. The third-order valence-electron chi connectivity index (χ3n) is 7.32. The number of anilines is 1. The molecule has 230 valence electrons. The van der Waals surface area contributed by atoms with Crippen LogP contribution in [0.3, 0.4) is 0 Å². The highest BCUT2D eigenvalue weighted by molar-refractivity contribution is 5.96. The maximum Gasteiger partial charge on any atom is 0.416 e. The van der Waals surface area contributed by atoms with Crippen LogP contribution >= 0.6 is 0 Å². The second-order valence-electron chi connectivity index (χ2n) is 10.5. The minimum absolute atomic E-state index is 0.0533. The van der Waals surface area contributed by atoms with Gasteiger partial charge in [0.15, 0.2) is 6.04 Å². The van der Waals surface area contributed by atoms with Gasteiger partial charge in [-0.1, -0.05) is 18.2 Å². The molecule has 0 aliphatic carbocycles. The van der Waals surface area contributed by atoms with Gasteiger partial charge in [0.2, 0.25) is 5.91 Å². The number of hydrogen-bond acceptors (Lipinski definition) is 7. The Morgan fingerprint density at radius 2 is 1.66 bits per heavy atom. The van der Waals surface area contributed by atoms with Crippen LogP contribution in [-0.2, 0) is 23.9 Å². The zero-order chi connectivity index (χ0) is 31.3. The number of hydrogen-bond donors (Lipinski definition) is 4. The first-order chi connectivity index (χ1) is 21.0. The summed E-state index contributed by atoms with van der Waals surface area (Å²) >= 11 is 0. The molecule has 5 rings (SSSR count). The van der Waals surface area contributed by atoms with Gasteiger partial charge in [-0.25, -0.2) is 4.79 Å². The third-order valence-corrected chi connectivity index (χ3v) is 7.32. The number of rotatable bonds is 8. The van der Waals surface area contributed by atoms with E-state index in [1.807, 2.05) is 23.1 Å². The molecule has 1 fully saturated rings. The van der Waals surface area contributed by atoms with E-state index in [1.54, 1.807) is 30.5 Å². The Morgan fingerprint density at radius 1 is 0.955 bits per heavy atom. The predicted octanol–water partition coefficient (Wildman–Crippen LogP) is 2.60. The Kier molecular flexibility index (Phi) is 9.09. The van der Waals surface area contributed by atoms with Gasteiger partial charge in [-0.15, -0.1) is 0 Å². The summed E-state index contributed by atoms with van der Waals surface area (Å²) in [4.78, 5) is 50.4. The van der Waals surface area contributed by atoms with Crippen LogP contribution in [0.15, 0.2) is 77.9 Å². The summed E-state index contributed by atoms with van der Waals surface area (Å²) in [5.74, 6) is -0.423. The fourth-order valence-corrected chi connectivity index (χ4v) is 5.00. The van der Waals surface area contributed by atoms with Crippen LogP contribution in [0, 0.1) is 0 Å². The largest absolute Gasteiger partial charge is 0.416 e. The molecular formula is C30H31F3N8O3. The van der Waals surface area contributed by atoms with Gasteiger partial charge in [0.25, 0.3) is 5.91 Å². The van der Waals surface area contributed by atoms with Gasteiger partial charge in [-0.05, 0) is 54.1 Å². The fraction of sp³-hybridized carbons (Fsp3) is 0.300. The number of primary amides is 1. The average molecular weight is 609 g/mol. The van der Waals surface area contributed by atoms with E-state index in [-0.39, 0.29) is 18.0 Å². The van der Waals surface area contributed by atoms with Crippen molar-refractivity contribution in [2.75, 3.05) is 31.5 Å². The van der Waals surface area contributed by atoms with Crippen molar-refractivity contribution in [2.45, 2.75) is 31.3 Å². The third kappa shape index (κ3) is 7.69. The van der Waals surface area contributed by atoms with E-state index in [1.165, 1.54) is 0 Å². The van der Waals surface area contributed by atoms with Gasteiger partial charge < -0.3 is 26.6 Å². The van der Waals surface area contributed by atoms with Crippen LogP contribution in [0.1, 0.15) is 27.2 Å². The van der Waals surface area contributed by atoms with Crippen molar-refractivity contribution in [3.8, 4) is 0 Å². The van der Waals surface area contributed by atoms with Gasteiger partial charge in [-0.3, -0.25) is 24.5 Å². The minimum atomic E-state index is -4.50. The summed E-state index contributed by atoms with van der Waals surface area (Å²) < 4.78 is 38.3. The molecule has 0 saturated carbocycles. The van der Waals surface area contributed by atoms with Crippen LogP contribution in [-0.4, -0.2) is 76.9 Å². The normalized spacial score (nSPS) is 18.7. The molecule has 0 radical (unpaired) electrons. The number of nitrogens with one attached hydrogen (secondary N) is 3. The number of benzene rings is 2. The van der Waals surface area contributed by atoms with Crippen molar-refractivity contribution >= 4 is 29.4 Å². The lowest BCUT2D eigenvalue weighted by molar-refractivity contribution is -0.137. The standard InChI is InChI=1S/C30H31F3N8O3/c31-30(32,33)21-8-10-22(11-9-21)36-29(44)39-27-25(26(34)42)37-24(38-27)17-19-4-6-20(7-5-19)28(43)41-15-13-40(14-16-41)18-23-3-1-2-12-35-23/h1-12,25,27H,13-18H2,(H2,34,42)(H,37,38)(H2,36,39,44). The Labute approximate surface area is 251 Å². The second kappa shape index (κ2) is 13.1. The quantitative estimate of drug-likeness (QED) is 0.310. The molecule has 2 unspecified atom stereocenters. The van der Waals surface area contributed by atoms with Crippen LogP contribution in [0.25, 0.3) is 0 Å². The van der Waals surface area contributed by atoms with Crippen molar-refractivity contribution in [3.05, 3.63) is 95.3 Å². The highest BCUT2D eigenvalue weighted by atomic mass is 19.4. The Hall–Kier alpha value is -4.98. The lowest BCUT2D eigenvalue weighted by Gasteiger charge is -2.34. The van der Waals surface area contributed by atoms with Gasteiger partial charge in [0, 0.05) is 56.6 Å². The Balaban J connectivity index is 1.12.